The van der Waals surface area contributed by atoms with Crippen LogP contribution in [0.4, 0.5) is 0 Å². The van der Waals surface area contributed by atoms with Crippen LogP contribution in [0.3, 0.4) is 0 Å². The number of ether oxygens (including phenoxy) is 2. The van der Waals surface area contributed by atoms with Gasteiger partial charge in [0.05, 0.1) is 19.8 Å². The van der Waals surface area contributed by atoms with Gasteiger partial charge >= 0.3 is 0 Å². The fraction of sp³-hybridized carbons (Fsp3) is 0.385. The zero-order valence-electron chi connectivity index (χ0n) is 11.1. The Morgan fingerprint density at radius 2 is 2.11 bits per heavy atom. The summed E-state index contributed by atoms with van der Waals surface area (Å²) in [5.74, 6) is 1.81. The molecule has 0 spiro atoms. The highest BCUT2D eigenvalue weighted by molar-refractivity contribution is 5.65. The monoisotopic (exact) mass is 264 g/mol. The summed E-state index contributed by atoms with van der Waals surface area (Å²) in [4.78, 5) is 4.17. The minimum absolute atomic E-state index is 0.266. The SMILES string of the molecule is CCC(O)c1noc(-c2cc(OC)ccc2OC)n1. The molecule has 6 nitrogen and oxygen atoms in total. The molecule has 0 fully saturated rings. The summed E-state index contributed by atoms with van der Waals surface area (Å²) >= 11 is 0. The first-order chi connectivity index (χ1) is 9.19. The lowest BCUT2D eigenvalue weighted by Gasteiger charge is -2.06. The lowest BCUT2D eigenvalue weighted by atomic mass is 10.2. The highest BCUT2D eigenvalue weighted by Gasteiger charge is 2.18. The standard InChI is InChI=1S/C13H16N2O4/c1-4-10(16)12-14-13(19-15-12)9-7-8(17-2)5-6-11(9)18-3/h5-7,10,16H,4H2,1-3H3. The maximum absolute atomic E-state index is 9.68. The predicted molar refractivity (Wildman–Crippen MR) is 68.1 cm³/mol. The smallest absolute Gasteiger partial charge is 0.261 e. The average molecular weight is 264 g/mol. The van der Waals surface area contributed by atoms with E-state index < -0.39 is 6.10 Å². The van der Waals surface area contributed by atoms with Crippen LogP contribution < -0.4 is 9.47 Å². The van der Waals surface area contributed by atoms with Gasteiger partial charge in [0.15, 0.2) is 0 Å². The van der Waals surface area contributed by atoms with Crippen molar-refractivity contribution in [2.45, 2.75) is 19.4 Å². The van der Waals surface area contributed by atoms with Crippen molar-refractivity contribution in [2.24, 2.45) is 0 Å². The summed E-state index contributed by atoms with van der Waals surface area (Å²) in [5, 5.41) is 13.4. The zero-order valence-corrected chi connectivity index (χ0v) is 11.1. The van der Waals surface area contributed by atoms with Crippen molar-refractivity contribution in [3.05, 3.63) is 24.0 Å². The van der Waals surface area contributed by atoms with Gasteiger partial charge in [-0.15, -0.1) is 0 Å². The summed E-state index contributed by atoms with van der Waals surface area (Å²) < 4.78 is 15.6. The Kier molecular flexibility index (Phi) is 4.01. The van der Waals surface area contributed by atoms with Crippen molar-refractivity contribution < 1.29 is 19.1 Å². The second-order valence-electron chi connectivity index (χ2n) is 3.95. The number of hydrogen-bond acceptors (Lipinski definition) is 6. The highest BCUT2D eigenvalue weighted by atomic mass is 16.5. The molecule has 0 saturated heterocycles. The van der Waals surface area contributed by atoms with Gasteiger partial charge in [-0.25, -0.2) is 0 Å². The molecule has 1 unspecified atom stereocenters. The number of aliphatic hydroxyl groups excluding tert-OH is 1. The molecule has 0 saturated carbocycles. The van der Waals surface area contributed by atoms with Gasteiger partial charge in [0.25, 0.3) is 5.89 Å². The lowest BCUT2D eigenvalue weighted by molar-refractivity contribution is 0.159. The number of aromatic nitrogens is 2. The van der Waals surface area contributed by atoms with Crippen molar-refractivity contribution in [3.8, 4) is 23.0 Å². The topological polar surface area (TPSA) is 77.6 Å². The van der Waals surface area contributed by atoms with E-state index in [1.54, 1.807) is 32.4 Å². The highest BCUT2D eigenvalue weighted by Crippen LogP contribution is 2.32. The van der Waals surface area contributed by atoms with Crippen LogP contribution in [0.1, 0.15) is 25.3 Å². The Morgan fingerprint density at radius 3 is 2.74 bits per heavy atom. The molecule has 0 aliphatic rings. The third kappa shape index (κ3) is 2.68. The summed E-state index contributed by atoms with van der Waals surface area (Å²) in [5.41, 5.74) is 0.629. The average Bonchev–Trinajstić information content (AvgIpc) is 2.95. The fourth-order valence-corrected chi connectivity index (χ4v) is 1.64. The molecule has 0 aliphatic heterocycles. The quantitative estimate of drug-likeness (QED) is 0.892. The first-order valence-electron chi connectivity index (χ1n) is 5.93. The molecule has 19 heavy (non-hydrogen) atoms. The van der Waals surface area contributed by atoms with Crippen molar-refractivity contribution in [1.29, 1.82) is 0 Å². The van der Waals surface area contributed by atoms with E-state index in [0.29, 0.717) is 29.4 Å². The second kappa shape index (κ2) is 5.71. The summed E-state index contributed by atoms with van der Waals surface area (Å²) in [6.07, 6.45) is -0.206. The molecule has 1 aromatic heterocycles. The molecule has 6 heteroatoms. The first-order valence-corrected chi connectivity index (χ1v) is 5.93. The van der Waals surface area contributed by atoms with E-state index in [9.17, 15) is 5.11 Å². The molecular weight excluding hydrogens is 248 g/mol. The maximum Gasteiger partial charge on any atom is 0.261 e. The third-order valence-corrected chi connectivity index (χ3v) is 2.76. The maximum atomic E-state index is 9.68. The van der Waals surface area contributed by atoms with E-state index in [0.717, 1.165) is 0 Å². The third-order valence-electron chi connectivity index (χ3n) is 2.76. The van der Waals surface area contributed by atoms with Crippen LogP contribution in [0.5, 0.6) is 11.5 Å². The fourth-order valence-electron chi connectivity index (χ4n) is 1.64. The van der Waals surface area contributed by atoms with Crippen molar-refractivity contribution in [2.75, 3.05) is 14.2 Å². The molecular formula is C13H16N2O4. The van der Waals surface area contributed by atoms with Crippen LogP contribution >= 0.6 is 0 Å². The summed E-state index contributed by atoms with van der Waals surface area (Å²) in [6, 6.07) is 5.28. The van der Waals surface area contributed by atoms with Gasteiger partial charge in [0.2, 0.25) is 5.82 Å². The number of aliphatic hydroxyl groups is 1. The van der Waals surface area contributed by atoms with E-state index >= 15 is 0 Å². The Morgan fingerprint density at radius 1 is 1.32 bits per heavy atom. The summed E-state index contributed by atoms with van der Waals surface area (Å²) in [6.45, 7) is 1.84. The normalized spacial score (nSPS) is 12.2. The Labute approximate surface area is 111 Å². The number of benzene rings is 1. The van der Waals surface area contributed by atoms with Gasteiger partial charge < -0.3 is 19.1 Å². The van der Waals surface area contributed by atoms with Crippen LogP contribution in [0, 0.1) is 0 Å². The number of hydrogen-bond donors (Lipinski definition) is 1. The van der Waals surface area contributed by atoms with Crippen LogP contribution in [-0.2, 0) is 0 Å². The minimum Gasteiger partial charge on any atom is -0.497 e. The molecule has 1 atom stereocenters. The molecule has 2 rings (SSSR count). The van der Waals surface area contributed by atoms with Gasteiger partial charge in [-0.1, -0.05) is 12.1 Å². The van der Waals surface area contributed by atoms with Gasteiger partial charge in [0, 0.05) is 0 Å². The second-order valence-corrected chi connectivity index (χ2v) is 3.95. The van der Waals surface area contributed by atoms with E-state index in [1.807, 2.05) is 6.92 Å². The molecule has 1 N–H and O–H groups in total. The predicted octanol–water partition coefficient (Wildman–Crippen LogP) is 2.20. The Hall–Kier alpha value is -2.08. The molecule has 102 valence electrons. The number of nitrogens with zero attached hydrogens (tertiary/aromatic N) is 2. The molecule has 1 aromatic carbocycles. The Balaban J connectivity index is 2.42. The molecule has 2 aromatic rings. The van der Waals surface area contributed by atoms with Gasteiger partial charge in [0.1, 0.15) is 17.6 Å². The van der Waals surface area contributed by atoms with Crippen LogP contribution in [0.2, 0.25) is 0 Å². The van der Waals surface area contributed by atoms with E-state index in [1.165, 1.54) is 0 Å². The molecule has 0 bridgehead atoms. The first kappa shape index (κ1) is 13.4. The van der Waals surface area contributed by atoms with E-state index in [-0.39, 0.29) is 5.82 Å². The Bertz CT molecular complexity index is 553. The van der Waals surface area contributed by atoms with E-state index in [4.69, 9.17) is 14.0 Å². The minimum atomic E-state index is -0.728. The van der Waals surface area contributed by atoms with E-state index in [2.05, 4.69) is 10.1 Å². The largest absolute Gasteiger partial charge is 0.497 e. The molecule has 0 radical (unpaired) electrons. The number of methoxy groups -OCH3 is 2. The lowest BCUT2D eigenvalue weighted by Crippen LogP contribution is -1.97. The summed E-state index contributed by atoms with van der Waals surface area (Å²) in [7, 11) is 3.13. The molecule has 1 heterocycles. The van der Waals surface area contributed by atoms with Crippen molar-refractivity contribution >= 4 is 0 Å². The van der Waals surface area contributed by atoms with Crippen LogP contribution in [0.25, 0.3) is 11.5 Å². The van der Waals surface area contributed by atoms with Crippen LogP contribution in [-0.4, -0.2) is 29.5 Å². The van der Waals surface area contributed by atoms with Crippen molar-refractivity contribution in [3.63, 3.8) is 0 Å². The molecule has 0 amide bonds. The van der Waals surface area contributed by atoms with Crippen LogP contribution in [0.15, 0.2) is 22.7 Å². The van der Waals surface area contributed by atoms with Gasteiger partial charge in [-0.05, 0) is 24.6 Å². The van der Waals surface area contributed by atoms with Gasteiger partial charge in [-0.3, -0.25) is 0 Å². The number of rotatable bonds is 5. The molecule has 0 aliphatic carbocycles. The van der Waals surface area contributed by atoms with Crippen molar-refractivity contribution in [1.82, 2.24) is 10.1 Å². The van der Waals surface area contributed by atoms with Gasteiger partial charge in [-0.2, -0.15) is 4.98 Å². The zero-order chi connectivity index (χ0) is 13.8.